The van der Waals surface area contributed by atoms with Crippen molar-refractivity contribution in [3.63, 3.8) is 0 Å². The molecule has 1 fully saturated rings. The first-order chi connectivity index (χ1) is 14.9. The van der Waals surface area contributed by atoms with Crippen molar-refractivity contribution in [2.24, 2.45) is 0 Å². The molecule has 1 N–H and O–H groups in total. The predicted octanol–water partition coefficient (Wildman–Crippen LogP) is 5.01. The van der Waals surface area contributed by atoms with E-state index in [1.165, 1.54) is 11.0 Å². The standard InChI is InChI=1S/C22H13Cl2N3O3S/c23-14-3-7-16(8-4-14)27-21(29)18(19(28)26-22(27)31)12-13-2-1-11-25-20(13)30-17-9-5-15(24)6-10-17/h1-12H,(H,26,28,31). The Bertz CT molecular complexity index is 1210. The second kappa shape index (κ2) is 8.85. The lowest BCUT2D eigenvalue weighted by Crippen LogP contribution is -2.54. The molecule has 4 rings (SSSR count). The number of aromatic nitrogens is 1. The van der Waals surface area contributed by atoms with E-state index in [2.05, 4.69) is 10.3 Å². The van der Waals surface area contributed by atoms with Gasteiger partial charge < -0.3 is 4.74 Å². The lowest BCUT2D eigenvalue weighted by atomic mass is 10.1. The van der Waals surface area contributed by atoms with E-state index >= 15 is 0 Å². The number of nitrogens with zero attached hydrogens (tertiary/aromatic N) is 2. The Kier molecular flexibility index (Phi) is 5.99. The lowest BCUT2D eigenvalue weighted by Gasteiger charge is -2.29. The number of ether oxygens (including phenoxy) is 1. The van der Waals surface area contributed by atoms with Crippen LogP contribution < -0.4 is 15.0 Å². The highest BCUT2D eigenvalue weighted by atomic mass is 35.5. The minimum Gasteiger partial charge on any atom is -0.438 e. The number of carbonyl (C=O) groups excluding carboxylic acids is 2. The van der Waals surface area contributed by atoms with Gasteiger partial charge in [-0.25, -0.2) is 4.98 Å². The van der Waals surface area contributed by atoms with Crippen molar-refractivity contribution >= 4 is 64.1 Å². The summed E-state index contributed by atoms with van der Waals surface area (Å²) in [4.78, 5) is 31.1. The van der Waals surface area contributed by atoms with Gasteiger partial charge in [-0.05, 0) is 79.0 Å². The van der Waals surface area contributed by atoms with E-state index in [1.807, 2.05) is 0 Å². The maximum Gasteiger partial charge on any atom is 0.270 e. The Labute approximate surface area is 193 Å². The Morgan fingerprint density at radius 2 is 1.61 bits per heavy atom. The third kappa shape index (κ3) is 4.59. The zero-order valence-electron chi connectivity index (χ0n) is 15.7. The van der Waals surface area contributed by atoms with E-state index in [0.717, 1.165) is 0 Å². The molecule has 0 atom stereocenters. The minimum atomic E-state index is -0.610. The monoisotopic (exact) mass is 469 g/mol. The first-order valence-corrected chi connectivity index (χ1v) is 10.1. The van der Waals surface area contributed by atoms with Gasteiger partial charge in [-0.2, -0.15) is 0 Å². The van der Waals surface area contributed by atoms with Gasteiger partial charge in [0.1, 0.15) is 11.3 Å². The molecule has 3 aromatic rings. The summed E-state index contributed by atoms with van der Waals surface area (Å²) in [5, 5.41) is 3.60. The van der Waals surface area contributed by atoms with E-state index in [9.17, 15) is 9.59 Å². The summed E-state index contributed by atoms with van der Waals surface area (Å²) in [5.74, 6) is -0.450. The molecule has 0 unspecified atom stereocenters. The minimum absolute atomic E-state index is 0.0155. The molecule has 2 amide bonds. The lowest BCUT2D eigenvalue weighted by molar-refractivity contribution is -0.122. The fraction of sp³-hybridized carbons (Fsp3) is 0. The number of hydrogen-bond acceptors (Lipinski definition) is 5. The molecule has 6 nitrogen and oxygen atoms in total. The smallest absolute Gasteiger partial charge is 0.270 e. The molecule has 31 heavy (non-hydrogen) atoms. The summed E-state index contributed by atoms with van der Waals surface area (Å²) < 4.78 is 5.81. The molecule has 1 aromatic heterocycles. The molecular formula is C22H13Cl2N3O3S. The normalized spacial score (nSPS) is 15.2. The van der Waals surface area contributed by atoms with Crippen LogP contribution in [0.15, 0.2) is 72.4 Å². The van der Waals surface area contributed by atoms with Crippen molar-refractivity contribution < 1.29 is 14.3 Å². The zero-order chi connectivity index (χ0) is 22.0. The van der Waals surface area contributed by atoms with E-state index in [1.54, 1.807) is 66.9 Å². The number of halogens is 2. The largest absolute Gasteiger partial charge is 0.438 e. The summed E-state index contributed by atoms with van der Waals surface area (Å²) in [6.07, 6.45) is 2.96. The van der Waals surface area contributed by atoms with Crippen molar-refractivity contribution in [3.05, 3.63) is 88.0 Å². The van der Waals surface area contributed by atoms with Crippen LogP contribution in [0.1, 0.15) is 5.56 Å². The SMILES string of the molecule is O=C1NC(=S)N(c2ccc(Cl)cc2)C(=O)C1=Cc1cccnc1Oc1ccc(Cl)cc1. The second-order valence-corrected chi connectivity index (χ2v) is 7.65. The molecule has 0 bridgehead atoms. The quantitative estimate of drug-likeness (QED) is 0.330. The molecule has 1 aliphatic heterocycles. The van der Waals surface area contributed by atoms with Gasteiger partial charge in [0.15, 0.2) is 5.11 Å². The average molecular weight is 470 g/mol. The molecule has 0 radical (unpaired) electrons. The van der Waals surface area contributed by atoms with Crippen molar-refractivity contribution in [3.8, 4) is 11.6 Å². The second-order valence-electron chi connectivity index (χ2n) is 6.39. The van der Waals surface area contributed by atoms with Crippen LogP contribution in [0, 0.1) is 0 Å². The number of amides is 2. The number of carbonyl (C=O) groups is 2. The van der Waals surface area contributed by atoms with Crippen molar-refractivity contribution in [2.75, 3.05) is 4.90 Å². The van der Waals surface area contributed by atoms with Crippen LogP contribution in [-0.2, 0) is 9.59 Å². The number of benzene rings is 2. The first-order valence-electron chi connectivity index (χ1n) is 8.98. The molecule has 2 heterocycles. The molecular weight excluding hydrogens is 457 g/mol. The van der Waals surface area contributed by atoms with E-state index in [-0.39, 0.29) is 16.6 Å². The molecule has 1 aliphatic rings. The molecule has 9 heteroatoms. The third-order valence-corrected chi connectivity index (χ3v) is 5.10. The average Bonchev–Trinajstić information content (AvgIpc) is 2.75. The van der Waals surface area contributed by atoms with Crippen LogP contribution in [-0.4, -0.2) is 21.9 Å². The fourth-order valence-electron chi connectivity index (χ4n) is 2.85. The Hall–Kier alpha value is -3.26. The fourth-order valence-corrected chi connectivity index (χ4v) is 3.38. The van der Waals surface area contributed by atoms with Gasteiger partial charge >= 0.3 is 0 Å². The van der Waals surface area contributed by atoms with Gasteiger partial charge in [0.05, 0.1) is 5.69 Å². The van der Waals surface area contributed by atoms with Gasteiger partial charge in [-0.15, -0.1) is 0 Å². The van der Waals surface area contributed by atoms with Crippen LogP contribution in [0.2, 0.25) is 10.0 Å². The van der Waals surface area contributed by atoms with Gasteiger partial charge in [0.25, 0.3) is 11.8 Å². The van der Waals surface area contributed by atoms with Gasteiger partial charge in [-0.1, -0.05) is 23.2 Å². The first kappa shape index (κ1) is 21.0. The highest BCUT2D eigenvalue weighted by Gasteiger charge is 2.34. The predicted molar refractivity (Wildman–Crippen MR) is 123 cm³/mol. The molecule has 0 spiro atoms. The number of hydrogen-bond donors (Lipinski definition) is 1. The summed E-state index contributed by atoms with van der Waals surface area (Å²) in [6.45, 7) is 0. The number of anilines is 1. The van der Waals surface area contributed by atoms with Crippen molar-refractivity contribution in [1.29, 1.82) is 0 Å². The summed E-state index contributed by atoms with van der Waals surface area (Å²) in [5.41, 5.74) is 0.812. The number of nitrogens with one attached hydrogen (secondary N) is 1. The highest BCUT2D eigenvalue weighted by Crippen LogP contribution is 2.28. The van der Waals surface area contributed by atoms with Gasteiger partial charge in [-0.3, -0.25) is 19.8 Å². The molecule has 2 aromatic carbocycles. The molecule has 0 saturated carbocycles. The number of pyridine rings is 1. The Balaban J connectivity index is 1.69. The van der Waals surface area contributed by atoms with Gasteiger partial charge in [0, 0.05) is 21.8 Å². The maximum absolute atomic E-state index is 13.1. The van der Waals surface area contributed by atoms with Crippen LogP contribution >= 0.6 is 35.4 Å². The number of thiocarbonyl (C=S) groups is 1. The van der Waals surface area contributed by atoms with Gasteiger partial charge in [0.2, 0.25) is 5.88 Å². The maximum atomic E-state index is 13.1. The molecule has 0 aliphatic carbocycles. The van der Waals surface area contributed by atoms with Crippen LogP contribution in [0.5, 0.6) is 11.6 Å². The van der Waals surface area contributed by atoms with Crippen molar-refractivity contribution in [1.82, 2.24) is 10.3 Å². The van der Waals surface area contributed by atoms with Crippen LogP contribution in [0.4, 0.5) is 5.69 Å². The summed E-state index contributed by atoms with van der Waals surface area (Å²) >= 11 is 17.0. The summed E-state index contributed by atoms with van der Waals surface area (Å²) in [7, 11) is 0. The molecule has 1 saturated heterocycles. The Morgan fingerprint density at radius 1 is 0.968 bits per heavy atom. The highest BCUT2D eigenvalue weighted by molar-refractivity contribution is 7.80. The van der Waals surface area contributed by atoms with E-state index < -0.39 is 11.8 Å². The van der Waals surface area contributed by atoms with Crippen LogP contribution in [0.3, 0.4) is 0 Å². The van der Waals surface area contributed by atoms with E-state index in [4.69, 9.17) is 40.2 Å². The number of rotatable bonds is 4. The van der Waals surface area contributed by atoms with E-state index in [0.29, 0.717) is 27.0 Å². The topological polar surface area (TPSA) is 71.5 Å². The van der Waals surface area contributed by atoms with Crippen molar-refractivity contribution in [2.45, 2.75) is 0 Å². The Morgan fingerprint density at radius 3 is 2.29 bits per heavy atom. The third-order valence-electron chi connectivity index (χ3n) is 4.32. The zero-order valence-corrected chi connectivity index (χ0v) is 18.0. The van der Waals surface area contributed by atoms with Crippen LogP contribution in [0.25, 0.3) is 6.08 Å². The summed E-state index contributed by atoms with van der Waals surface area (Å²) in [6, 6.07) is 16.6. The molecule has 154 valence electrons.